The van der Waals surface area contributed by atoms with Crippen LogP contribution in [0.2, 0.25) is 0 Å². The summed E-state index contributed by atoms with van der Waals surface area (Å²) in [5, 5.41) is 0. The molecule has 0 unspecified atom stereocenters. The average Bonchev–Trinajstić information content (AvgIpc) is 3.44. The Bertz CT molecular complexity index is 1400. The summed E-state index contributed by atoms with van der Waals surface area (Å²) in [6.45, 7) is 0. The lowest BCUT2D eigenvalue weighted by Crippen LogP contribution is -1.84. The van der Waals surface area contributed by atoms with E-state index in [-0.39, 0.29) is 0 Å². The van der Waals surface area contributed by atoms with Crippen LogP contribution in [0.1, 0.15) is 22.8 Å². The number of rotatable bonds is 2. The molecule has 5 heterocycles. The van der Waals surface area contributed by atoms with Gasteiger partial charge in [0.05, 0.1) is 22.8 Å². The van der Waals surface area contributed by atoms with Crippen LogP contribution >= 0.6 is 15.6 Å². The highest BCUT2D eigenvalue weighted by molar-refractivity contribution is 7.60. The minimum absolute atomic E-state index is 0.915. The zero-order chi connectivity index (χ0) is 23.6. The molecular weight excluding hydrogens is 470 g/mol. The van der Waals surface area contributed by atoms with Gasteiger partial charge in [-0.15, -0.1) is 0 Å². The molecule has 8 bridgehead atoms. The number of fused-ring (bicyclic) bond motifs is 8. The second kappa shape index (κ2) is 9.01. The van der Waals surface area contributed by atoms with Gasteiger partial charge in [0.2, 0.25) is 0 Å². The van der Waals surface area contributed by atoms with E-state index in [9.17, 15) is 9.13 Å². The number of aromatic nitrogens is 4. The average molecular weight is 488 g/mol. The van der Waals surface area contributed by atoms with E-state index >= 15 is 0 Å². The fraction of sp³-hybridized carbons (Fsp3) is 0. The second-order valence-electron chi connectivity index (χ2n) is 6.97. The maximum Gasteiger partial charge on any atom is 0.478 e. The maximum atomic E-state index is 9.63. The summed E-state index contributed by atoms with van der Waals surface area (Å²) in [5.41, 5.74) is 7.86. The van der Waals surface area contributed by atoms with Crippen molar-refractivity contribution in [3.63, 3.8) is 0 Å². The predicted octanol–water partition coefficient (Wildman–Crippen LogP) is 3.84. The van der Waals surface area contributed by atoms with Crippen LogP contribution < -0.4 is 0 Å². The molecule has 3 aromatic rings. The Balaban J connectivity index is 0.000000248. The van der Waals surface area contributed by atoms with Crippen molar-refractivity contribution < 1.29 is 33.0 Å². The second-order valence-corrected chi connectivity index (χ2v) is 9.58. The number of phosphoric acid groups is 2. The quantitative estimate of drug-likeness (QED) is 0.201. The van der Waals surface area contributed by atoms with Crippen molar-refractivity contribution in [2.24, 2.45) is 0 Å². The molecular formula is C20H18N4O7P2. The van der Waals surface area contributed by atoms with E-state index in [1.165, 1.54) is 0 Å². The molecule has 0 atom stereocenters. The van der Waals surface area contributed by atoms with Crippen LogP contribution in [0.3, 0.4) is 0 Å². The molecule has 0 spiro atoms. The van der Waals surface area contributed by atoms with Crippen molar-refractivity contribution in [2.45, 2.75) is 0 Å². The highest BCUT2D eigenvalue weighted by Gasteiger charge is 2.27. The van der Waals surface area contributed by atoms with Gasteiger partial charge in [-0.05, 0) is 72.8 Å². The number of hydrogen-bond donors (Lipinski definition) is 6. The van der Waals surface area contributed by atoms with Gasteiger partial charge in [-0.2, -0.15) is 4.31 Å². The minimum atomic E-state index is -5.05. The Morgan fingerprint density at radius 3 is 1.24 bits per heavy atom. The number of hydrogen-bond acceptors (Lipinski definition) is 5. The number of nitrogens with one attached hydrogen (secondary N) is 2. The molecule has 5 rings (SSSR count). The van der Waals surface area contributed by atoms with E-state index in [0.717, 1.165) is 44.8 Å². The van der Waals surface area contributed by atoms with E-state index in [1.54, 1.807) is 0 Å². The third kappa shape index (κ3) is 6.92. The van der Waals surface area contributed by atoms with Crippen molar-refractivity contribution in [1.82, 2.24) is 19.9 Å². The zero-order valence-electron chi connectivity index (χ0n) is 16.7. The molecule has 0 saturated carbocycles. The van der Waals surface area contributed by atoms with E-state index in [0.29, 0.717) is 0 Å². The molecule has 13 heteroatoms. The van der Waals surface area contributed by atoms with Gasteiger partial charge in [-0.1, -0.05) is 0 Å². The number of nitrogens with zero attached hydrogens (tertiary/aromatic N) is 2. The predicted molar refractivity (Wildman–Crippen MR) is 124 cm³/mol. The van der Waals surface area contributed by atoms with Crippen LogP contribution in [-0.2, 0) is 13.4 Å². The SMILES string of the molecule is C1=Cc2cc3ccc(cc4ccc(cc5nc(cc1n2)C=C5)[nH]4)[nH]3.O=P(O)(O)OP(=O)(O)O. The lowest BCUT2D eigenvalue weighted by molar-refractivity contribution is 0.225. The highest BCUT2D eigenvalue weighted by atomic mass is 31.3. The van der Waals surface area contributed by atoms with Gasteiger partial charge in [0.15, 0.2) is 0 Å². The smallest absolute Gasteiger partial charge is 0.355 e. The first-order chi connectivity index (χ1) is 15.5. The molecule has 2 aliphatic rings. The van der Waals surface area contributed by atoms with Crippen LogP contribution in [0, 0.1) is 0 Å². The molecule has 0 aliphatic carbocycles. The Kier molecular flexibility index (Phi) is 6.29. The zero-order valence-corrected chi connectivity index (χ0v) is 18.5. The van der Waals surface area contributed by atoms with Crippen LogP contribution in [0.25, 0.3) is 46.4 Å². The van der Waals surface area contributed by atoms with Crippen molar-refractivity contribution in [3.8, 4) is 0 Å². The van der Waals surface area contributed by atoms with Crippen LogP contribution in [0.4, 0.5) is 0 Å². The van der Waals surface area contributed by atoms with Gasteiger partial charge in [0, 0.05) is 22.1 Å². The first kappa shape index (κ1) is 23.0. The summed E-state index contributed by atoms with van der Waals surface area (Å²) in [6.07, 6.45) is 8.05. The van der Waals surface area contributed by atoms with Crippen molar-refractivity contribution >= 4 is 62.0 Å². The first-order valence-electron chi connectivity index (χ1n) is 9.38. The number of H-pyrrole nitrogens is 2. The van der Waals surface area contributed by atoms with Crippen molar-refractivity contribution in [1.29, 1.82) is 0 Å². The van der Waals surface area contributed by atoms with E-state index in [2.05, 4.69) is 54.6 Å². The van der Waals surface area contributed by atoms with Gasteiger partial charge >= 0.3 is 15.6 Å². The Hall–Kier alpha value is -3.14. The van der Waals surface area contributed by atoms with E-state index < -0.39 is 15.6 Å². The third-order valence-electron chi connectivity index (χ3n) is 4.25. The topological polar surface area (TPSA) is 182 Å². The largest absolute Gasteiger partial charge is 0.478 e. The van der Waals surface area contributed by atoms with E-state index in [1.807, 2.05) is 42.5 Å². The molecule has 6 N–H and O–H groups in total. The van der Waals surface area contributed by atoms with Crippen LogP contribution in [0.5, 0.6) is 0 Å². The molecule has 0 fully saturated rings. The Morgan fingerprint density at radius 2 is 0.909 bits per heavy atom. The monoisotopic (exact) mass is 488 g/mol. The molecule has 11 nitrogen and oxygen atoms in total. The summed E-state index contributed by atoms with van der Waals surface area (Å²) in [7, 11) is -10.1. The Labute approximate surface area is 186 Å². The third-order valence-corrected chi connectivity index (χ3v) is 5.96. The molecule has 3 aromatic heterocycles. The lowest BCUT2D eigenvalue weighted by atomic mass is 10.3. The molecule has 2 aliphatic heterocycles. The highest BCUT2D eigenvalue weighted by Crippen LogP contribution is 2.53. The standard InChI is InChI=1S/C20H14N4.H4O7P2/c1-2-14-10-16-5-6-18(23-16)12-20-8-7-19(24-20)11-17-4-3-15(22-17)9-13(1)21-14;1-8(2,3)7-9(4,5)6/h1-12,21-22H;(H2,1,2,3)(H2,4,5,6). The van der Waals surface area contributed by atoms with Gasteiger partial charge in [0.25, 0.3) is 0 Å². The van der Waals surface area contributed by atoms with Crippen LogP contribution in [0.15, 0.2) is 48.5 Å². The van der Waals surface area contributed by atoms with Crippen molar-refractivity contribution in [3.05, 3.63) is 71.3 Å². The van der Waals surface area contributed by atoms with E-state index in [4.69, 9.17) is 19.6 Å². The Morgan fingerprint density at radius 1 is 0.576 bits per heavy atom. The molecule has 0 saturated heterocycles. The molecule has 0 amide bonds. The fourth-order valence-electron chi connectivity index (χ4n) is 3.08. The van der Waals surface area contributed by atoms with Gasteiger partial charge < -0.3 is 29.5 Å². The van der Waals surface area contributed by atoms with Gasteiger partial charge in [-0.25, -0.2) is 19.1 Å². The van der Waals surface area contributed by atoms with Gasteiger partial charge in [0.1, 0.15) is 0 Å². The van der Waals surface area contributed by atoms with Gasteiger partial charge in [-0.3, -0.25) is 0 Å². The molecule has 33 heavy (non-hydrogen) atoms. The fourth-order valence-corrected chi connectivity index (χ4v) is 4.19. The van der Waals surface area contributed by atoms with Crippen molar-refractivity contribution in [2.75, 3.05) is 0 Å². The summed E-state index contributed by atoms with van der Waals surface area (Å²) in [5.74, 6) is 0. The lowest BCUT2D eigenvalue weighted by Gasteiger charge is -2.03. The summed E-state index contributed by atoms with van der Waals surface area (Å²) in [6, 6.07) is 16.4. The van der Waals surface area contributed by atoms with Crippen LogP contribution in [-0.4, -0.2) is 39.5 Å². The maximum absolute atomic E-state index is 9.63. The molecule has 170 valence electrons. The molecule has 0 radical (unpaired) electrons. The minimum Gasteiger partial charge on any atom is -0.355 e. The first-order valence-corrected chi connectivity index (χ1v) is 12.4. The summed E-state index contributed by atoms with van der Waals surface area (Å²) >= 11 is 0. The number of aromatic amines is 2. The molecule has 0 aromatic carbocycles. The summed E-state index contributed by atoms with van der Waals surface area (Å²) in [4.78, 5) is 47.0. The normalized spacial score (nSPS) is 13.0. The summed E-state index contributed by atoms with van der Waals surface area (Å²) < 4.78 is 22.2.